The van der Waals surface area contributed by atoms with E-state index in [4.69, 9.17) is 4.74 Å². The lowest BCUT2D eigenvalue weighted by atomic mass is 9.75. The Bertz CT molecular complexity index is 1080. The number of imidazole rings is 1. The van der Waals surface area contributed by atoms with Crippen molar-refractivity contribution in [1.29, 1.82) is 0 Å². The van der Waals surface area contributed by atoms with Gasteiger partial charge >= 0.3 is 5.69 Å². The molecule has 0 saturated carbocycles. The van der Waals surface area contributed by atoms with Crippen molar-refractivity contribution in [3.8, 4) is 5.75 Å². The molecule has 0 bridgehead atoms. The Morgan fingerprint density at radius 3 is 2.81 bits per heavy atom. The second-order valence-corrected chi connectivity index (χ2v) is 9.13. The average Bonchev–Trinajstić information content (AvgIpc) is 2.99. The molecule has 3 aliphatic rings. The van der Waals surface area contributed by atoms with Crippen LogP contribution in [0, 0.1) is 5.41 Å². The van der Waals surface area contributed by atoms with Crippen LogP contribution in [0.3, 0.4) is 0 Å². The van der Waals surface area contributed by atoms with Gasteiger partial charge in [-0.2, -0.15) is 0 Å². The molecule has 1 aromatic heterocycles. The van der Waals surface area contributed by atoms with Crippen molar-refractivity contribution in [1.82, 2.24) is 24.7 Å². The summed E-state index contributed by atoms with van der Waals surface area (Å²) in [5, 5.41) is 5.74. The molecule has 5 rings (SSSR count). The minimum atomic E-state index is -0.690. The molecule has 2 amide bonds. The number of carbonyl (C=O) groups excluding carboxylic acids is 2. The number of carbonyl (C=O) groups is 2. The summed E-state index contributed by atoms with van der Waals surface area (Å²) in [6.07, 6.45) is 3.07. The molecule has 9 nitrogen and oxygen atoms in total. The molecule has 1 spiro atoms. The van der Waals surface area contributed by atoms with Gasteiger partial charge in [0.25, 0.3) is 0 Å². The van der Waals surface area contributed by atoms with Crippen LogP contribution in [0.25, 0.3) is 11.0 Å². The van der Waals surface area contributed by atoms with Crippen LogP contribution in [0.1, 0.15) is 31.7 Å². The molecule has 3 fully saturated rings. The molecule has 1 unspecified atom stereocenters. The molecule has 0 aliphatic carbocycles. The summed E-state index contributed by atoms with van der Waals surface area (Å²) in [7, 11) is 1.69. The zero-order chi connectivity index (χ0) is 21.6. The van der Waals surface area contributed by atoms with Gasteiger partial charge in [0, 0.05) is 45.1 Å². The number of ether oxygens (including phenoxy) is 1. The predicted octanol–water partition coefficient (Wildman–Crippen LogP) is 0.382. The Morgan fingerprint density at radius 2 is 2.06 bits per heavy atom. The third-order valence-corrected chi connectivity index (χ3v) is 6.99. The Morgan fingerprint density at radius 1 is 1.23 bits per heavy atom. The molecule has 2 aromatic rings. The highest BCUT2D eigenvalue weighted by atomic mass is 16.5. The molecule has 31 heavy (non-hydrogen) atoms. The van der Waals surface area contributed by atoms with E-state index in [0.717, 1.165) is 32.7 Å². The lowest BCUT2D eigenvalue weighted by Crippen LogP contribution is -2.61. The van der Waals surface area contributed by atoms with Gasteiger partial charge in [-0.15, -0.1) is 0 Å². The molecule has 3 saturated heterocycles. The number of amides is 2. The molecule has 1 aromatic carbocycles. The van der Waals surface area contributed by atoms with Crippen LogP contribution >= 0.6 is 0 Å². The second kappa shape index (κ2) is 7.80. The van der Waals surface area contributed by atoms with E-state index < -0.39 is 11.9 Å². The van der Waals surface area contributed by atoms with Gasteiger partial charge in [-0.25, -0.2) is 4.79 Å². The number of nitrogens with zero attached hydrogens (tertiary/aromatic N) is 3. The van der Waals surface area contributed by atoms with Crippen LogP contribution in [0.2, 0.25) is 0 Å². The van der Waals surface area contributed by atoms with Crippen LogP contribution in [0.5, 0.6) is 5.75 Å². The first kappa shape index (κ1) is 20.3. The van der Waals surface area contributed by atoms with Crippen LogP contribution in [-0.2, 0) is 16.6 Å². The molecule has 3 aliphatic heterocycles. The number of piperidine rings is 2. The largest absolute Gasteiger partial charge is 0.490 e. The van der Waals surface area contributed by atoms with Gasteiger partial charge in [-0.1, -0.05) is 6.07 Å². The van der Waals surface area contributed by atoms with Crippen molar-refractivity contribution >= 4 is 22.8 Å². The predicted molar refractivity (Wildman–Crippen MR) is 115 cm³/mol. The molecule has 166 valence electrons. The molecule has 0 radical (unpaired) electrons. The van der Waals surface area contributed by atoms with Gasteiger partial charge in [0.2, 0.25) is 11.8 Å². The van der Waals surface area contributed by atoms with Gasteiger partial charge in [0.1, 0.15) is 23.9 Å². The van der Waals surface area contributed by atoms with Crippen molar-refractivity contribution in [3.63, 3.8) is 0 Å². The highest BCUT2D eigenvalue weighted by molar-refractivity contribution is 6.00. The van der Waals surface area contributed by atoms with Gasteiger partial charge in [0.15, 0.2) is 0 Å². The Balaban J connectivity index is 1.35. The maximum absolute atomic E-state index is 13.0. The van der Waals surface area contributed by atoms with Gasteiger partial charge in [-0.3, -0.25) is 28.9 Å². The molecule has 2 N–H and O–H groups in total. The standard InChI is InChI=1S/C22H29N5O4/c1-25-19-15(27(21(25)30)16-6-7-18(28)24-20(16)29)4-2-5-17(19)31-11-10-26-9-3-8-22(14-26)12-23-13-22/h2,4-5,16,23H,3,6-14H2,1H3,(H,24,28,29). The Kier molecular flexibility index (Phi) is 5.10. The summed E-state index contributed by atoms with van der Waals surface area (Å²) in [4.78, 5) is 39.4. The smallest absolute Gasteiger partial charge is 0.329 e. The topological polar surface area (TPSA) is 97.6 Å². The summed E-state index contributed by atoms with van der Waals surface area (Å²) in [5.41, 5.74) is 1.49. The molecule has 9 heteroatoms. The number of benzene rings is 1. The highest BCUT2D eigenvalue weighted by Crippen LogP contribution is 2.33. The summed E-state index contributed by atoms with van der Waals surface area (Å²) in [6.45, 7) is 5.82. The van der Waals surface area contributed by atoms with Crippen molar-refractivity contribution in [2.45, 2.75) is 31.7 Å². The third-order valence-electron chi connectivity index (χ3n) is 6.99. The lowest BCUT2D eigenvalue weighted by molar-refractivity contribution is -0.135. The first-order valence-electron chi connectivity index (χ1n) is 11.1. The zero-order valence-corrected chi connectivity index (χ0v) is 17.9. The van der Waals surface area contributed by atoms with Crippen LogP contribution in [0.4, 0.5) is 0 Å². The lowest BCUT2D eigenvalue weighted by Gasteiger charge is -2.49. The van der Waals surface area contributed by atoms with Crippen molar-refractivity contribution < 1.29 is 14.3 Å². The van der Waals surface area contributed by atoms with Crippen molar-refractivity contribution in [3.05, 3.63) is 28.7 Å². The van der Waals surface area contributed by atoms with E-state index >= 15 is 0 Å². The van der Waals surface area contributed by atoms with Crippen LogP contribution in [0.15, 0.2) is 23.0 Å². The van der Waals surface area contributed by atoms with Crippen LogP contribution < -0.4 is 21.1 Å². The zero-order valence-electron chi connectivity index (χ0n) is 17.9. The monoisotopic (exact) mass is 427 g/mol. The first-order chi connectivity index (χ1) is 15.0. The number of nitrogens with one attached hydrogen (secondary N) is 2. The van der Waals surface area contributed by atoms with E-state index in [1.165, 1.54) is 22.0 Å². The number of fused-ring (bicyclic) bond motifs is 1. The van der Waals surface area contributed by atoms with E-state index in [1.807, 2.05) is 18.2 Å². The summed E-state index contributed by atoms with van der Waals surface area (Å²) in [5.74, 6) is -0.0856. The van der Waals surface area contributed by atoms with E-state index in [2.05, 4.69) is 15.5 Å². The SMILES string of the molecule is Cn1c(=O)n(C2CCC(=O)NC2=O)c2cccc(OCCN3CCCC4(CNC4)C3)c21. The number of aromatic nitrogens is 2. The number of rotatable bonds is 5. The fraction of sp³-hybridized carbons (Fsp3) is 0.591. The quantitative estimate of drug-likeness (QED) is 0.670. The number of para-hydroxylation sites is 1. The van der Waals surface area contributed by atoms with Crippen molar-refractivity contribution in [2.75, 3.05) is 39.3 Å². The number of hydrogen-bond acceptors (Lipinski definition) is 6. The fourth-order valence-electron chi connectivity index (χ4n) is 5.30. The van der Waals surface area contributed by atoms with Gasteiger partial charge < -0.3 is 10.1 Å². The second-order valence-electron chi connectivity index (χ2n) is 9.13. The first-order valence-corrected chi connectivity index (χ1v) is 11.1. The van der Waals surface area contributed by atoms with E-state index in [1.54, 1.807) is 7.05 Å². The maximum Gasteiger partial charge on any atom is 0.329 e. The minimum absolute atomic E-state index is 0.224. The summed E-state index contributed by atoms with van der Waals surface area (Å²) in [6, 6.07) is 4.84. The van der Waals surface area contributed by atoms with Gasteiger partial charge in [0.05, 0.1) is 5.52 Å². The summed E-state index contributed by atoms with van der Waals surface area (Å²) >= 11 is 0. The fourth-order valence-corrected chi connectivity index (χ4v) is 5.30. The molecule has 1 atom stereocenters. The van der Waals surface area contributed by atoms with Gasteiger partial charge in [-0.05, 0) is 37.9 Å². The van der Waals surface area contributed by atoms with E-state index in [-0.39, 0.29) is 18.0 Å². The third kappa shape index (κ3) is 3.55. The number of aryl methyl sites for hydroxylation is 1. The number of likely N-dealkylation sites (tertiary alicyclic amines) is 1. The normalized spacial score (nSPS) is 23.7. The number of imide groups is 1. The number of hydrogen-bond donors (Lipinski definition) is 2. The Labute approximate surface area is 180 Å². The minimum Gasteiger partial charge on any atom is -0.490 e. The summed E-state index contributed by atoms with van der Waals surface area (Å²) < 4.78 is 9.16. The molecule has 4 heterocycles. The van der Waals surface area contributed by atoms with E-state index in [0.29, 0.717) is 35.2 Å². The Hall–Kier alpha value is -2.65. The molecular formula is C22H29N5O4. The van der Waals surface area contributed by atoms with E-state index in [9.17, 15) is 14.4 Å². The maximum atomic E-state index is 13.0. The van der Waals surface area contributed by atoms with Crippen LogP contribution in [-0.4, -0.2) is 65.2 Å². The van der Waals surface area contributed by atoms with Crippen molar-refractivity contribution in [2.24, 2.45) is 12.5 Å². The molecular weight excluding hydrogens is 398 g/mol. The highest BCUT2D eigenvalue weighted by Gasteiger charge is 2.40. The average molecular weight is 428 g/mol.